The summed E-state index contributed by atoms with van der Waals surface area (Å²) in [6.45, 7) is 3.63. The van der Waals surface area contributed by atoms with Gasteiger partial charge in [0.25, 0.3) is 0 Å². The Hall–Kier alpha value is -1.04. The Morgan fingerprint density at radius 2 is 2.09 bits per heavy atom. The molecule has 116 valence electrons. The summed E-state index contributed by atoms with van der Waals surface area (Å²) in [6, 6.07) is 9.49. The first-order chi connectivity index (χ1) is 10.2. The van der Waals surface area contributed by atoms with E-state index in [9.17, 15) is 4.79 Å². The molecule has 1 aromatic carbocycles. The number of halogens is 3. The molecular formula is C15H14BrCl2N3O. The number of anilines is 1. The lowest BCUT2D eigenvalue weighted by Crippen LogP contribution is -2.27. The van der Waals surface area contributed by atoms with Crippen LogP contribution in [0.5, 0.6) is 0 Å². The van der Waals surface area contributed by atoms with Gasteiger partial charge >= 0.3 is 0 Å². The number of carbonyl (C=O) groups excluding carboxylic acids is 1. The van der Waals surface area contributed by atoms with Crippen LogP contribution >= 0.6 is 39.1 Å². The SMILES string of the molecule is Cc1cc(NC(=O)C2(C)CC2(Cl)Cl)n(-c2cccc(Br)c2)n1. The average Bonchev–Trinajstić information content (AvgIpc) is 2.77. The zero-order valence-corrected chi connectivity index (χ0v) is 15.1. The zero-order valence-electron chi connectivity index (χ0n) is 12.0. The molecule has 1 saturated carbocycles. The van der Waals surface area contributed by atoms with Crippen LogP contribution < -0.4 is 5.32 Å². The van der Waals surface area contributed by atoms with Gasteiger partial charge < -0.3 is 5.32 Å². The molecule has 0 radical (unpaired) electrons. The molecule has 7 heteroatoms. The highest BCUT2D eigenvalue weighted by molar-refractivity contribution is 9.10. The lowest BCUT2D eigenvalue weighted by atomic mass is 10.1. The van der Waals surface area contributed by atoms with Crippen LogP contribution in [0.2, 0.25) is 0 Å². The average molecular weight is 403 g/mol. The first-order valence-electron chi connectivity index (χ1n) is 6.75. The molecular weight excluding hydrogens is 389 g/mol. The number of carbonyl (C=O) groups is 1. The van der Waals surface area contributed by atoms with E-state index >= 15 is 0 Å². The van der Waals surface area contributed by atoms with Crippen molar-refractivity contribution >= 4 is 50.9 Å². The van der Waals surface area contributed by atoms with E-state index < -0.39 is 9.75 Å². The number of hydrogen-bond donors (Lipinski definition) is 1. The van der Waals surface area contributed by atoms with E-state index in [1.54, 1.807) is 11.6 Å². The van der Waals surface area contributed by atoms with Gasteiger partial charge in [-0.15, -0.1) is 23.2 Å². The number of hydrogen-bond acceptors (Lipinski definition) is 2. The van der Waals surface area contributed by atoms with E-state index in [1.807, 2.05) is 37.3 Å². The highest BCUT2D eigenvalue weighted by Crippen LogP contribution is 2.64. The number of benzene rings is 1. The van der Waals surface area contributed by atoms with E-state index in [4.69, 9.17) is 23.2 Å². The van der Waals surface area contributed by atoms with Gasteiger partial charge in [-0.1, -0.05) is 22.0 Å². The molecule has 0 saturated heterocycles. The maximum Gasteiger partial charge on any atom is 0.234 e. The van der Waals surface area contributed by atoms with Gasteiger partial charge in [0.15, 0.2) is 0 Å². The van der Waals surface area contributed by atoms with Crippen molar-refractivity contribution in [3.05, 3.63) is 40.5 Å². The molecule has 0 spiro atoms. The van der Waals surface area contributed by atoms with Crippen LogP contribution in [-0.2, 0) is 4.79 Å². The quantitative estimate of drug-likeness (QED) is 0.770. The van der Waals surface area contributed by atoms with Crippen molar-refractivity contribution in [2.24, 2.45) is 5.41 Å². The largest absolute Gasteiger partial charge is 0.310 e. The van der Waals surface area contributed by atoms with Crippen molar-refractivity contribution in [2.75, 3.05) is 5.32 Å². The van der Waals surface area contributed by atoms with Gasteiger partial charge in [0.05, 0.1) is 16.8 Å². The molecule has 1 unspecified atom stereocenters. The van der Waals surface area contributed by atoms with Crippen LogP contribution in [0.25, 0.3) is 5.69 Å². The first-order valence-corrected chi connectivity index (χ1v) is 8.30. The number of amides is 1. The smallest absolute Gasteiger partial charge is 0.234 e. The van der Waals surface area contributed by atoms with Crippen molar-refractivity contribution < 1.29 is 4.79 Å². The lowest BCUT2D eigenvalue weighted by molar-refractivity contribution is -0.120. The van der Waals surface area contributed by atoms with Crippen LogP contribution in [0.4, 0.5) is 5.82 Å². The fourth-order valence-electron chi connectivity index (χ4n) is 2.29. The molecule has 1 aliphatic rings. The van der Waals surface area contributed by atoms with Gasteiger partial charge in [0.1, 0.15) is 10.2 Å². The molecule has 1 aliphatic carbocycles. The molecule has 0 aliphatic heterocycles. The van der Waals surface area contributed by atoms with Crippen LogP contribution in [0.1, 0.15) is 19.0 Å². The highest BCUT2D eigenvalue weighted by atomic mass is 79.9. The standard InChI is InChI=1S/C15H14BrCl2N3O/c1-9-6-12(19-13(22)14(2)8-15(14,17)18)21(20-9)11-5-3-4-10(16)7-11/h3-7H,8H2,1-2H3,(H,19,22). The van der Waals surface area contributed by atoms with Gasteiger partial charge in [-0.25, -0.2) is 4.68 Å². The summed E-state index contributed by atoms with van der Waals surface area (Å²) in [7, 11) is 0. The van der Waals surface area contributed by atoms with Crippen molar-refractivity contribution in [3.8, 4) is 5.69 Å². The molecule has 1 atom stereocenters. The van der Waals surface area contributed by atoms with Gasteiger partial charge in [-0.3, -0.25) is 4.79 Å². The molecule has 2 aromatic rings. The molecule has 22 heavy (non-hydrogen) atoms. The van der Waals surface area contributed by atoms with Crippen LogP contribution in [-0.4, -0.2) is 20.0 Å². The number of nitrogens with zero attached hydrogens (tertiary/aromatic N) is 2. The topological polar surface area (TPSA) is 46.9 Å². The summed E-state index contributed by atoms with van der Waals surface area (Å²) in [4.78, 5) is 12.4. The highest BCUT2D eigenvalue weighted by Gasteiger charge is 2.68. The van der Waals surface area contributed by atoms with Gasteiger partial charge in [-0.05, 0) is 38.5 Å². The Balaban J connectivity index is 1.91. The summed E-state index contributed by atoms with van der Waals surface area (Å²) in [5.74, 6) is 0.395. The third-order valence-corrected chi connectivity index (χ3v) is 5.48. The Labute approximate surface area is 146 Å². The second-order valence-corrected chi connectivity index (χ2v) is 8.13. The van der Waals surface area contributed by atoms with E-state index in [0.29, 0.717) is 12.2 Å². The summed E-state index contributed by atoms with van der Waals surface area (Å²) in [5.41, 5.74) is 0.886. The third-order valence-electron chi connectivity index (χ3n) is 3.88. The molecule has 1 N–H and O–H groups in total. The summed E-state index contributed by atoms with van der Waals surface area (Å²) < 4.78 is 1.63. The second-order valence-electron chi connectivity index (χ2n) is 5.73. The third kappa shape index (κ3) is 2.66. The van der Waals surface area contributed by atoms with Crippen molar-refractivity contribution in [1.82, 2.24) is 9.78 Å². The van der Waals surface area contributed by atoms with Crippen molar-refractivity contribution in [2.45, 2.75) is 24.6 Å². The maximum absolute atomic E-state index is 12.4. The minimum Gasteiger partial charge on any atom is -0.310 e. The number of nitrogens with one attached hydrogen (secondary N) is 1. The molecule has 1 heterocycles. The minimum absolute atomic E-state index is 0.200. The Morgan fingerprint density at radius 3 is 2.68 bits per heavy atom. The van der Waals surface area contributed by atoms with Crippen LogP contribution in [0, 0.1) is 12.3 Å². The molecule has 1 amide bonds. The normalized spacial score (nSPS) is 22.4. The number of alkyl halides is 2. The van der Waals surface area contributed by atoms with E-state index in [1.165, 1.54) is 0 Å². The molecule has 3 rings (SSSR count). The van der Waals surface area contributed by atoms with E-state index in [-0.39, 0.29) is 5.91 Å². The molecule has 0 bridgehead atoms. The van der Waals surface area contributed by atoms with Gasteiger partial charge in [0, 0.05) is 10.5 Å². The Morgan fingerprint density at radius 1 is 1.41 bits per heavy atom. The van der Waals surface area contributed by atoms with Gasteiger partial charge in [0.2, 0.25) is 5.91 Å². The Kier molecular flexibility index (Phi) is 3.78. The molecule has 1 fully saturated rings. The number of aryl methyl sites for hydroxylation is 1. The van der Waals surface area contributed by atoms with Crippen LogP contribution in [0.15, 0.2) is 34.8 Å². The molecule has 4 nitrogen and oxygen atoms in total. The van der Waals surface area contributed by atoms with E-state index in [0.717, 1.165) is 15.9 Å². The second kappa shape index (κ2) is 5.25. The zero-order chi connectivity index (χ0) is 16.1. The summed E-state index contributed by atoms with van der Waals surface area (Å²) >= 11 is 15.6. The Bertz CT molecular complexity index is 759. The van der Waals surface area contributed by atoms with Crippen molar-refractivity contribution in [3.63, 3.8) is 0 Å². The predicted molar refractivity (Wildman–Crippen MR) is 91.8 cm³/mol. The van der Waals surface area contributed by atoms with Crippen molar-refractivity contribution in [1.29, 1.82) is 0 Å². The monoisotopic (exact) mass is 401 g/mol. The fourth-order valence-corrected chi connectivity index (χ4v) is 3.39. The first kappa shape index (κ1) is 15.8. The maximum atomic E-state index is 12.4. The minimum atomic E-state index is -0.993. The summed E-state index contributed by atoms with van der Waals surface area (Å²) in [5, 5.41) is 7.31. The predicted octanol–water partition coefficient (Wildman–Crippen LogP) is 4.47. The number of rotatable bonds is 3. The number of aromatic nitrogens is 2. The molecule has 1 aromatic heterocycles. The van der Waals surface area contributed by atoms with Gasteiger partial charge in [-0.2, -0.15) is 5.10 Å². The fraction of sp³-hybridized carbons (Fsp3) is 0.333. The summed E-state index contributed by atoms with van der Waals surface area (Å²) in [6.07, 6.45) is 0.443. The lowest BCUT2D eigenvalue weighted by Gasteiger charge is -2.14. The van der Waals surface area contributed by atoms with E-state index in [2.05, 4.69) is 26.3 Å². The van der Waals surface area contributed by atoms with Crippen LogP contribution in [0.3, 0.4) is 0 Å².